The van der Waals surface area contributed by atoms with Crippen LogP contribution in [0.15, 0.2) is 72.8 Å². The van der Waals surface area contributed by atoms with Crippen molar-refractivity contribution in [2.45, 2.75) is 19.5 Å². The molecule has 2 N–H and O–H groups in total. The number of nitrogens with zero attached hydrogens (tertiary/aromatic N) is 1. The molecule has 0 radical (unpaired) electrons. The van der Waals surface area contributed by atoms with Crippen LogP contribution in [0.1, 0.15) is 45.8 Å². The van der Waals surface area contributed by atoms with Crippen LogP contribution in [0.5, 0.6) is 0 Å². The van der Waals surface area contributed by atoms with E-state index in [0.29, 0.717) is 17.8 Å². The highest BCUT2D eigenvalue weighted by atomic mass is 19.1. The number of carbonyl (C=O) groups excluding carboxylic acids is 2. The molecule has 1 atom stereocenters. The topological polar surface area (TPSA) is 61.4 Å². The molecule has 4 rings (SSSR count). The van der Waals surface area contributed by atoms with E-state index < -0.39 is 0 Å². The Hall–Kier alpha value is -3.67. The summed E-state index contributed by atoms with van der Waals surface area (Å²) in [5.74, 6) is -0.602. The average molecular weight is 403 g/mol. The quantitative estimate of drug-likeness (QED) is 0.605. The maximum absolute atomic E-state index is 13.0. The first kappa shape index (κ1) is 19.6. The molecular formula is C24H22FN3O2. The van der Waals surface area contributed by atoms with Gasteiger partial charge in [0.1, 0.15) is 12.0 Å². The van der Waals surface area contributed by atoms with Crippen molar-refractivity contribution >= 4 is 23.2 Å². The summed E-state index contributed by atoms with van der Waals surface area (Å²) in [5.41, 5.74) is 3.50. The van der Waals surface area contributed by atoms with E-state index >= 15 is 0 Å². The average Bonchev–Trinajstić information content (AvgIpc) is 3.02. The molecule has 0 bridgehead atoms. The van der Waals surface area contributed by atoms with Crippen LogP contribution in [-0.4, -0.2) is 23.3 Å². The number of hydrogen-bond donors (Lipinski definition) is 2. The Morgan fingerprint density at radius 3 is 2.33 bits per heavy atom. The van der Waals surface area contributed by atoms with E-state index in [0.717, 1.165) is 23.2 Å². The van der Waals surface area contributed by atoms with E-state index in [9.17, 15) is 14.0 Å². The first-order valence-corrected chi connectivity index (χ1v) is 9.90. The molecule has 0 aliphatic carbocycles. The van der Waals surface area contributed by atoms with Crippen LogP contribution in [0.25, 0.3) is 0 Å². The number of halogens is 1. The Balaban J connectivity index is 1.49. The van der Waals surface area contributed by atoms with Gasteiger partial charge in [0, 0.05) is 34.6 Å². The normalized spacial score (nSPS) is 15.1. The Bertz CT molecular complexity index is 1060. The first-order chi connectivity index (χ1) is 14.6. The van der Waals surface area contributed by atoms with Gasteiger partial charge in [-0.05, 0) is 61.0 Å². The van der Waals surface area contributed by atoms with Crippen molar-refractivity contribution in [3.63, 3.8) is 0 Å². The van der Waals surface area contributed by atoms with Gasteiger partial charge in [-0.15, -0.1) is 0 Å². The lowest BCUT2D eigenvalue weighted by atomic mass is 10.1. The van der Waals surface area contributed by atoms with Crippen molar-refractivity contribution in [3.8, 4) is 0 Å². The molecule has 0 saturated heterocycles. The van der Waals surface area contributed by atoms with Gasteiger partial charge in [-0.25, -0.2) is 4.39 Å². The second kappa shape index (κ2) is 8.37. The minimum atomic E-state index is -0.354. The lowest BCUT2D eigenvalue weighted by molar-refractivity contribution is 0.0743. The number of carbonyl (C=O) groups is 2. The summed E-state index contributed by atoms with van der Waals surface area (Å²) in [4.78, 5) is 27.0. The maximum Gasteiger partial charge on any atom is 0.256 e. The molecule has 1 aliphatic rings. The second-order valence-electron chi connectivity index (χ2n) is 7.17. The minimum absolute atomic E-state index is 0.0280. The van der Waals surface area contributed by atoms with E-state index in [2.05, 4.69) is 10.6 Å². The Labute approximate surface area is 174 Å². The van der Waals surface area contributed by atoms with Crippen LogP contribution in [0.3, 0.4) is 0 Å². The van der Waals surface area contributed by atoms with Gasteiger partial charge in [-0.3, -0.25) is 9.59 Å². The lowest BCUT2D eigenvalue weighted by Crippen LogP contribution is -2.32. The van der Waals surface area contributed by atoms with Gasteiger partial charge in [0.25, 0.3) is 11.8 Å². The molecule has 30 heavy (non-hydrogen) atoms. The summed E-state index contributed by atoms with van der Waals surface area (Å²) >= 11 is 0. The van der Waals surface area contributed by atoms with Crippen LogP contribution in [-0.2, 0) is 0 Å². The van der Waals surface area contributed by atoms with Crippen molar-refractivity contribution in [1.82, 2.24) is 4.90 Å². The fourth-order valence-electron chi connectivity index (χ4n) is 3.61. The van der Waals surface area contributed by atoms with Gasteiger partial charge in [0.05, 0.1) is 0 Å². The fourth-order valence-corrected chi connectivity index (χ4v) is 3.61. The van der Waals surface area contributed by atoms with Gasteiger partial charge < -0.3 is 15.5 Å². The van der Waals surface area contributed by atoms with Crippen LogP contribution < -0.4 is 10.6 Å². The molecule has 0 aromatic heterocycles. The molecule has 1 unspecified atom stereocenters. The molecule has 0 saturated carbocycles. The largest absolute Gasteiger partial charge is 0.361 e. The monoisotopic (exact) mass is 403 g/mol. The molecule has 1 heterocycles. The Morgan fingerprint density at radius 2 is 1.63 bits per heavy atom. The van der Waals surface area contributed by atoms with Crippen molar-refractivity contribution in [2.75, 3.05) is 17.2 Å². The van der Waals surface area contributed by atoms with Gasteiger partial charge in [-0.2, -0.15) is 0 Å². The van der Waals surface area contributed by atoms with Gasteiger partial charge >= 0.3 is 0 Å². The fraction of sp³-hybridized carbons (Fsp3) is 0.167. The first-order valence-electron chi connectivity index (χ1n) is 9.90. The third-order valence-electron chi connectivity index (χ3n) is 5.08. The van der Waals surface area contributed by atoms with E-state index in [1.807, 2.05) is 48.2 Å². The number of hydrogen-bond acceptors (Lipinski definition) is 3. The van der Waals surface area contributed by atoms with E-state index in [4.69, 9.17) is 0 Å². The minimum Gasteiger partial charge on any atom is -0.361 e. The van der Waals surface area contributed by atoms with Crippen LogP contribution in [0.2, 0.25) is 0 Å². The number of amides is 2. The predicted molar refractivity (Wildman–Crippen MR) is 115 cm³/mol. The van der Waals surface area contributed by atoms with Gasteiger partial charge in [0.2, 0.25) is 0 Å². The molecule has 152 valence electrons. The lowest BCUT2D eigenvalue weighted by Gasteiger charge is -2.26. The highest BCUT2D eigenvalue weighted by molar-refractivity contribution is 6.04. The van der Waals surface area contributed by atoms with Crippen molar-refractivity contribution in [2.24, 2.45) is 0 Å². The van der Waals surface area contributed by atoms with Crippen LogP contribution in [0, 0.1) is 5.82 Å². The summed E-state index contributed by atoms with van der Waals surface area (Å²) < 4.78 is 13.0. The Kier molecular flexibility index (Phi) is 5.48. The molecule has 2 amide bonds. The number of fused-ring (bicyclic) bond motifs is 1. The smallest absolute Gasteiger partial charge is 0.256 e. The van der Waals surface area contributed by atoms with Crippen LogP contribution >= 0.6 is 0 Å². The molecular weight excluding hydrogens is 381 g/mol. The summed E-state index contributed by atoms with van der Waals surface area (Å²) in [6, 6.07) is 20.3. The van der Waals surface area contributed by atoms with Crippen LogP contribution in [0.4, 0.5) is 15.8 Å². The SMILES string of the molecule is CCCN1C(=O)c2ccccc2C1Nc1ccc(C(=O)Nc2ccc(F)cc2)cc1. The van der Waals surface area contributed by atoms with Gasteiger partial charge in [-0.1, -0.05) is 25.1 Å². The summed E-state index contributed by atoms with van der Waals surface area (Å²) in [5, 5.41) is 6.16. The highest BCUT2D eigenvalue weighted by Crippen LogP contribution is 2.34. The molecule has 0 spiro atoms. The van der Waals surface area contributed by atoms with Crippen molar-refractivity contribution in [3.05, 3.63) is 95.3 Å². The Morgan fingerprint density at radius 1 is 0.967 bits per heavy atom. The summed E-state index contributed by atoms with van der Waals surface area (Å²) in [6.07, 6.45) is 0.618. The zero-order chi connectivity index (χ0) is 21.1. The molecule has 5 nitrogen and oxygen atoms in total. The third kappa shape index (κ3) is 3.89. The van der Waals surface area contributed by atoms with Gasteiger partial charge in [0.15, 0.2) is 0 Å². The molecule has 3 aromatic carbocycles. The molecule has 3 aromatic rings. The predicted octanol–water partition coefficient (Wildman–Crippen LogP) is 5.05. The zero-order valence-corrected chi connectivity index (χ0v) is 16.6. The third-order valence-corrected chi connectivity index (χ3v) is 5.08. The summed E-state index contributed by atoms with van der Waals surface area (Å²) in [7, 11) is 0. The van der Waals surface area contributed by atoms with Crippen molar-refractivity contribution in [1.29, 1.82) is 0 Å². The number of benzene rings is 3. The van der Waals surface area contributed by atoms with E-state index in [1.54, 1.807) is 12.1 Å². The zero-order valence-electron chi connectivity index (χ0n) is 16.6. The van der Waals surface area contributed by atoms with Crippen molar-refractivity contribution < 1.29 is 14.0 Å². The maximum atomic E-state index is 13.0. The summed E-state index contributed by atoms with van der Waals surface area (Å²) in [6.45, 7) is 2.70. The number of nitrogens with one attached hydrogen (secondary N) is 2. The van der Waals surface area contributed by atoms with E-state index in [-0.39, 0.29) is 23.8 Å². The second-order valence-corrected chi connectivity index (χ2v) is 7.17. The molecule has 1 aliphatic heterocycles. The highest BCUT2D eigenvalue weighted by Gasteiger charge is 2.35. The number of anilines is 2. The molecule has 6 heteroatoms. The van der Waals surface area contributed by atoms with E-state index in [1.165, 1.54) is 24.3 Å². The number of rotatable bonds is 6. The molecule has 0 fully saturated rings. The standard InChI is InChI=1S/C24H22FN3O2/c1-2-15-28-22(20-5-3-4-6-21(20)24(28)30)26-18-11-7-16(8-12-18)23(29)27-19-13-9-17(25)10-14-19/h3-14,22,26H,2,15H2,1H3,(H,27,29).